The Hall–Kier alpha value is -3.64. The van der Waals surface area contributed by atoms with Crippen molar-refractivity contribution in [2.24, 2.45) is 0 Å². The van der Waals surface area contributed by atoms with Crippen molar-refractivity contribution in [2.45, 2.75) is 25.9 Å². The quantitative estimate of drug-likeness (QED) is 0.485. The van der Waals surface area contributed by atoms with Crippen molar-refractivity contribution < 1.29 is 13.9 Å². The molecular formula is C22H18FN3O2. The summed E-state index contributed by atoms with van der Waals surface area (Å²) >= 11 is 0. The zero-order chi connectivity index (χ0) is 19.9. The molecule has 0 radical (unpaired) electrons. The molecule has 1 heterocycles. The van der Waals surface area contributed by atoms with Crippen molar-refractivity contribution in [1.29, 1.82) is 10.5 Å². The summed E-state index contributed by atoms with van der Waals surface area (Å²) < 4.78 is 20.2. The van der Waals surface area contributed by atoms with Crippen LogP contribution in [0.3, 0.4) is 0 Å². The SMILES string of the molecule is N#C/C(C(=O)c1cc(OCc2ccccc2)c(C#N)cc1F)=C1\CCCCN1. The average molecular weight is 375 g/mol. The second kappa shape index (κ2) is 8.83. The predicted molar refractivity (Wildman–Crippen MR) is 101 cm³/mol. The van der Waals surface area contributed by atoms with Crippen LogP contribution in [0.15, 0.2) is 53.7 Å². The first-order valence-corrected chi connectivity index (χ1v) is 8.96. The normalized spacial score (nSPS) is 15.0. The third-order valence-electron chi connectivity index (χ3n) is 4.50. The number of carbonyl (C=O) groups is 1. The summed E-state index contributed by atoms with van der Waals surface area (Å²) in [5.74, 6) is -1.45. The van der Waals surface area contributed by atoms with E-state index in [1.807, 2.05) is 42.5 Å². The van der Waals surface area contributed by atoms with Gasteiger partial charge in [-0.05, 0) is 37.0 Å². The van der Waals surface area contributed by atoms with Gasteiger partial charge >= 0.3 is 0 Å². The highest BCUT2D eigenvalue weighted by Gasteiger charge is 2.23. The van der Waals surface area contributed by atoms with Gasteiger partial charge in [0.1, 0.15) is 35.9 Å². The number of carbonyl (C=O) groups excluding carboxylic acids is 1. The number of piperidine rings is 1. The minimum absolute atomic E-state index is 0.00747. The van der Waals surface area contributed by atoms with Crippen molar-refractivity contribution >= 4 is 5.78 Å². The molecule has 3 rings (SSSR count). The van der Waals surface area contributed by atoms with Crippen molar-refractivity contribution in [3.8, 4) is 17.9 Å². The van der Waals surface area contributed by atoms with Crippen LogP contribution in [0.4, 0.5) is 4.39 Å². The fourth-order valence-corrected chi connectivity index (χ4v) is 3.03. The number of hydrogen-bond acceptors (Lipinski definition) is 5. The van der Waals surface area contributed by atoms with Crippen LogP contribution in [-0.4, -0.2) is 12.3 Å². The van der Waals surface area contributed by atoms with Gasteiger partial charge < -0.3 is 10.1 Å². The average Bonchev–Trinajstić information content (AvgIpc) is 2.74. The van der Waals surface area contributed by atoms with E-state index < -0.39 is 11.6 Å². The van der Waals surface area contributed by atoms with Gasteiger partial charge in [-0.15, -0.1) is 0 Å². The molecule has 1 aliphatic rings. The molecule has 28 heavy (non-hydrogen) atoms. The Balaban J connectivity index is 1.93. The number of allylic oxidation sites excluding steroid dienone is 2. The number of ketones is 1. The van der Waals surface area contributed by atoms with E-state index in [1.54, 1.807) is 0 Å². The van der Waals surface area contributed by atoms with Gasteiger partial charge in [0.05, 0.1) is 11.1 Å². The molecular weight excluding hydrogens is 357 g/mol. The molecule has 1 aliphatic heterocycles. The van der Waals surface area contributed by atoms with Gasteiger partial charge in [-0.3, -0.25) is 4.79 Å². The summed E-state index contributed by atoms with van der Waals surface area (Å²) in [4.78, 5) is 12.8. The number of hydrogen-bond donors (Lipinski definition) is 1. The molecule has 1 N–H and O–H groups in total. The maximum atomic E-state index is 14.5. The zero-order valence-electron chi connectivity index (χ0n) is 15.2. The highest BCUT2D eigenvalue weighted by Crippen LogP contribution is 2.27. The lowest BCUT2D eigenvalue weighted by molar-refractivity contribution is 0.103. The van der Waals surface area contributed by atoms with Crippen LogP contribution in [0.25, 0.3) is 0 Å². The first-order chi connectivity index (χ1) is 13.6. The van der Waals surface area contributed by atoms with Crippen LogP contribution in [0.2, 0.25) is 0 Å². The van der Waals surface area contributed by atoms with Crippen LogP contribution in [0.1, 0.15) is 40.7 Å². The Morgan fingerprint density at radius 3 is 2.61 bits per heavy atom. The highest BCUT2D eigenvalue weighted by molar-refractivity contribution is 6.12. The lowest BCUT2D eigenvalue weighted by Crippen LogP contribution is -2.23. The minimum Gasteiger partial charge on any atom is -0.487 e. The number of ether oxygens (including phenoxy) is 1. The van der Waals surface area contributed by atoms with E-state index in [0.29, 0.717) is 18.7 Å². The summed E-state index contributed by atoms with van der Waals surface area (Å²) in [6.07, 6.45) is 2.39. The number of Topliss-reactive ketones (excluding diaryl/α,β-unsaturated/α-hetero) is 1. The Kier molecular flexibility index (Phi) is 6.04. The second-order valence-electron chi connectivity index (χ2n) is 6.39. The first-order valence-electron chi connectivity index (χ1n) is 8.96. The third-order valence-corrected chi connectivity index (χ3v) is 4.50. The molecule has 5 nitrogen and oxygen atoms in total. The lowest BCUT2D eigenvalue weighted by Gasteiger charge is -2.18. The molecule has 1 saturated heterocycles. The summed E-state index contributed by atoms with van der Waals surface area (Å²) in [6, 6.07) is 15.2. The maximum absolute atomic E-state index is 14.5. The highest BCUT2D eigenvalue weighted by atomic mass is 19.1. The van der Waals surface area contributed by atoms with E-state index in [-0.39, 0.29) is 29.1 Å². The van der Waals surface area contributed by atoms with Crippen molar-refractivity contribution in [3.05, 3.63) is 76.2 Å². The van der Waals surface area contributed by atoms with Gasteiger partial charge in [0.15, 0.2) is 0 Å². The molecule has 0 atom stereocenters. The number of nitriles is 2. The van der Waals surface area contributed by atoms with E-state index in [0.717, 1.165) is 24.5 Å². The maximum Gasteiger partial charge on any atom is 0.208 e. The standard InChI is InChI=1S/C22H18FN3O2/c23-19-10-16(12-24)21(28-14-15-6-2-1-3-7-15)11-17(19)22(27)18(13-25)20-8-4-5-9-26-20/h1-3,6-7,10-11,26H,4-5,8-9,14H2/b20-18-. The molecule has 0 bridgehead atoms. The second-order valence-corrected chi connectivity index (χ2v) is 6.39. The number of nitrogens with zero attached hydrogens (tertiary/aromatic N) is 2. The summed E-state index contributed by atoms with van der Waals surface area (Å²) in [6.45, 7) is 0.845. The van der Waals surface area contributed by atoms with Gasteiger partial charge in [0.25, 0.3) is 0 Å². The van der Waals surface area contributed by atoms with Gasteiger partial charge in [0.2, 0.25) is 5.78 Å². The summed E-state index contributed by atoms with van der Waals surface area (Å²) in [5.41, 5.74) is 1.02. The number of benzene rings is 2. The topological polar surface area (TPSA) is 85.9 Å². The fraction of sp³-hybridized carbons (Fsp3) is 0.227. The van der Waals surface area contributed by atoms with Gasteiger partial charge in [-0.25, -0.2) is 4.39 Å². The number of rotatable bonds is 5. The van der Waals surface area contributed by atoms with E-state index in [1.165, 1.54) is 6.07 Å². The number of nitrogens with one attached hydrogen (secondary N) is 1. The molecule has 0 aliphatic carbocycles. The third kappa shape index (κ3) is 4.19. The molecule has 6 heteroatoms. The van der Waals surface area contributed by atoms with Crippen molar-refractivity contribution in [2.75, 3.05) is 6.54 Å². The van der Waals surface area contributed by atoms with Crippen LogP contribution < -0.4 is 10.1 Å². The molecule has 0 saturated carbocycles. The van der Waals surface area contributed by atoms with Gasteiger partial charge in [-0.1, -0.05) is 30.3 Å². The molecule has 0 aromatic heterocycles. The largest absolute Gasteiger partial charge is 0.487 e. The summed E-state index contributed by atoms with van der Waals surface area (Å²) in [5, 5.41) is 21.8. The van der Waals surface area contributed by atoms with Gasteiger partial charge in [0, 0.05) is 12.2 Å². The van der Waals surface area contributed by atoms with E-state index in [4.69, 9.17) is 4.74 Å². The molecule has 0 unspecified atom stereocenters. The van der Waals surface area contributed by atoms with E-state index in [9.17, 15) is 19.7 Å². The Morgan fingerprint density at radius 2 is 1.96 bits per heavy atom. The first kappa shape index (κ1) is 19.1. The lowest BCUT2D eigenvalue weighted by atomic mass is 9.97. The predicted octanol–water partition coefficient (Wildman–Crippen LogP) is 4.01. The molecule has 2 aromatic carbocycles. The Morgan fingerprint density at radius 1 is 1.18 bits per heavy atom. The minimum atomic E-state index is -0.849. The Labute approximate surface area is 162 Å². The van der Waals surface area contributed by atoms with Crippen LogP contribution >= 0.6 is 0 Å². The molecule has 140 valence electrons. The molecule has 2 aromatic rings. The van der Waals surface area contributed by atoms with Gasteiger partial charge in [-0.2, -0.15) is 10.5 Å². The van der Waals surface area contributed by atoms with Crippen LogP contribution in [0.5, 0.6) is 5.75 Å². The smallest absolute Gasteiger partial charge is 0.208 e. The monoisotopic (exact) mass is 375 g/mol. The molecule has 0 spiro atoms. The number of halogens is 1. The van der Waals surface area contributed by atoms with Crippen LogP contribution in [0, 0.1) is 28.5 Å². The zero-order valence-corrected chi connectivity index (χ0v) is 15.2. The molecule has 0 amide bonds. The Bertz CT molecular complexity index is 993. The van der Waals surface area contributed by atoms with Crippen LogP contribution in [-0.2, 0) is 6.61 Å². The van der Waals surface area contributed by atoms with E-state index >= 15 is 0 Å². The molecule has 1 fully saturated rings. The summed E-state index contributed by atoms with van der Waals surface area (Å²) in [7, 11) is 0. The van der Waals surface area contributed by atoms with Crippen molar-refractivity contribution in [1.82, 2.24) is 5.32 Å². The fourth-order valence-electron chi connectivity index (χ4n) is 3.03. The van der Waals surface area contributed by atoms with Crippen molar-refractivity contribution in [3.63, 3.8) is 0 Å². The van der Waals surface area contributed by atoms with E-state index in [2.05, 4.69) is 5.32 Å².